The van der Waals surface area contributed by atoms with Gasteiger partial charge >= 0.3 is 0 Å². The van der Waals surface area contributed by atoms with Gasteiger partial charge in [-0.15, -0.1) is 0 Å². The highest BCUT2D eigenvalue weighted by molar-refractivity contribution is 6.31. The zero-order chi connectivity index (χ0) is 17.6. The Bertz CT molecular complexity index is 730. The summed E-state index contributed by atoms with van der Waals surface area (Å²) in [7, 11) is 0. The summed E-state index contributed by atoms with van der Waals surface area (Å²) in [5.41, 5.74) is 1.07. The fourth-order valence-electron chi connectivity index (χ4n) is 3.22. The predicted octanol–water partition coefficient (Wildman–Crippen LogP) is 3.29. The molecule has 25 heavy (non-hydrogen) atoms. The van der Waals surface area contributed by atoms with Crippen LogP contribution in [0, 0.1) is 0 Å². The number of halogens is 1. The Hall–Kier alpha value is -2.27. The Morgan fingerprint density at radius 1 is 1.24 bits per heavy atom. The molecule has 1 fully saturated rings. The van der Waals surface area contributed by atoms with E-state index in [0.29, 0.717) is 6.54 Å². The minimum atomic E-state index is -0.299. The van der Waals surface area contributed by atoms with E-state index in [1.54, 1.807) is 12.1 Å². The summed E-state index contributed by atoms with van der Waals surface area (Å²) in [6.45, 7) is 1.06. The third-order valence-corrected chi connectivity index (χ3v) is 4.85. The molecular formula is C19H21ClN2O3. The standard InChI is InChI=1S/C19H21ClN2O3/c20-16-7-2-1-5-14(16)13-15-6-3-11-22(15)18(23)9-10-21-19(24)17-8-4-12-25-17/h1-2,4-5,7-8,12,15H,3,6,9-11,13H2,(H,21,24). The van der Waals surface area contributed by atoms with Gasteiger partial charge in [0.15, 0.2) is 5.76 Å². The summed E-state index contributed by atoms with van der Waals surface area (Å²) in [5.74, 6) is 0.0198. The molecule has 1 aliphatic rings. The Kier molecular flexibility index (Phi) is 5.76. The van der Waals surface area contributed by atoms with Gasteiger partial charge in [-0.25, -0.2) is 0 Å². The number of amides is 2. The van der Waals surface area contributed by atoms with E-state index in [0.717, 1.165) is 36.4 Å². The second kappa shape index (κ2) is 8.21. The van der Waals surface area contributed by atoms with Crippen LogP contribution >= 0.6 is 11.6 Å². The first-order chi connectivity index (χ1) is 12.1. The quantitative estimate of drug-likeness (QED) is 0.859. The van der Waals surface area contributed by atoms with Crippen LogP contribution in [-0.4, -0.2) is 35.8 Å². The number of likely N-dealkylation sites (tertiary alicyclic amines) is 1. The van der Waals surface area contributed by atoms with Crippen molar-refractivity contribution in [1.82, 2.24) is 10.2 Å². The number of rotatable bonds is 6. The molecule has 3 rings (SSSR count). The number of benzene rings is 1. The van der Waals surface area contributed by atoms with Gasteiger partial charge in [0.2, 0.25) is 5.91 Å². The van der Waals surface area contributed by atoms with Crippen LogP contribution < -0.4 is 5.32 Å². The van der Waals surface area contributed by atoms with Crippen molar-refractivity contribution in [3.05, 3.63) is 59.0 Å². The number of nitrogens with one attached hydrogen (secondary N) is 1. The molecule has 1 N–H and O–H groups in total. The molecular weight excluding hydrogens is 340 g/mol. The van der Waals surface area contributed by atoms with Crippen LogP contribution in [0.1, 0.15) is 35.4 Å². The lowest BCUT2D eigenvalue weighted by Crippen LogP contribution is -2.38. The number of furan rings is 1. The molecule has 2 amide bonds. The van der Waals surface area contributed by atoms with Crippen molar-refractivity contribution < 1.29 is 14.0 Å². The Labute approximate surface area is 151 Å². The van der Waals surface area contributed by atoms with Gasteiger partial charge in [0.1, 0.15) is 0 Å². The molecule has 0 saturated carbocycles. The van der Waals surface area contributed by atoms with Crippen LogP contribution in [0.4, 0.5) is 0 Å². The first-order valence-corrected chi connectivity index (χ1v) is 8.87. The van der Waals surface area contributed by atoms with Gasteiger partial charge in [-0.3, -0.25) is 9.59 Å². The summed E-state index contributed by atoms with van der Waals surface area (Å²) in [6, 6.07) is 11.2. The molecule has 2 heterocycles. The molecule has 0 radical (unpaired) electrons. The van der Waals surface area contributed by atoms with Gasteiger partial charge in [0.05, 0.1) is 6.26 Å². The average molecular weight is 361 g/mol. The number of hydrogen-bond acceptors (Lipinski definition) is 3. The van der Waals surface area contributed by atoms with Gasteiger partial charge in [-0.05, 0) is 43.0 Å². The summed E-state index contributed by atoms with van der Waals surface area (Å²) < 4.78 is 5.03. The van der Waals surface area contributed by atoms with Crippen LogP contribution in [-0.2, 0) is 11.2 Å². The smallest absolute Gasteiger partial charge is 0.286 e. The second-order valence-corrected chi connectivity index (χ2v) is 6.57. The fraction of sp³-hybridized carbons (Fsp3) is 0.368. The number of nitrogens with zero attached hydrogens (tertiary/aromatic N) is 1. The minimum Gasteiger partial charge on any atom is -0.459 e. The monoisotopic (exact) mass is 360 g/mol. The zero-order valence-corrected chi connectivity index (χ0v) is 14.7. The highest BCUT2D eigenvalue weighted by atomic mass is 35.5. The molecule has 5 nitrogen and oxygen atoms in total. The highest BCUT2D eigenvalue weighted by Gasteiger charge is 2.28. The molecule has 132 valence electrons. The molecule has 0 bridgehead atoms. The fourth-order valence-corrected chi connectivity index (χ4v) is 3.43. The maximum Gasteiger partial charge on any atom is 0.286 e. The highest BCUT2D eigenvalue weighted by Crippen LogP contribution is 2.25. The Morgan fingerprint density at radius 2 is 2.08 bits per heavy atom. The topological polar surface area (TPSA) is 62.6 Å². The molecule has 2 aromatic rings. The Morgan fingerprint density at radius 3 is 2.84 bits per heavy atom. The van der Waals surface area contributed by atoms with Crippen molar-refractivity contribution in [2.75, 3.05) is 13.1 Å². The van der Waals surface area contributed by atoms with Crippen molar-refractivity contribution >= 4 is 23.4 Å². The first kappa shape index (κ1) is 17.5. The van der Waals surface area contributed by atoms with Crippen LogP contribution in [0.3, 0.4) is 0 Å². The van der Waals surface area contributed by atoms with Crippen molar-refractivity contribution in [3.8, 4) is 0 Å². The number of carbonyl (C=O) groups excluding carboxylic acids is 2. The molecule has 1 atom stereocenters. The lowest BCUT2D eigenvalue weighted by Gasteiger charge is -2.25. The summed E-state index contributed by atoms with van der Waals surface area (Å²) in [6.07, 6.45) is 4.48. The van der Waals surface area contributed by atoms with E-state index in [4.69, 9.17) is 16.0 Å². The van der Waals surface area contributed by atoms with Gasteiger partial charge in [-0.1, -0.05) is 29.8 Å². The third kappa shape index (κ3) is 4.42. The molecule has 1 aliphatic heterocycles. The summed E-state index contributed by atoms with van der Waals surface area (Å²) >= 11 is 6.24. The Balaban J connectivity index is 1.50. The predicted molar refractivity (Wildman–Crippen MR) is 95.5 cm³/mol. The second-order valence-electron chi connectivity index (χ2n) is 6.16. The first-order valence-electron chi connectivity index (χ1n) is 8.49. The minimum absolute atomic E-state index is 0.0642. The number of carbonyl (C=O) groups is 2. The molecule has 1 aromatic heterocycles. The third-order valence-electron chi connectivity index (χ3n) is 4.48. The van der Waals surface area contributed by atoms with Gasteiger partial charge in [0.25, 0.3) is 5.91 Å². The average Bonchev–Trinajstić information content (AvgIpc) is 3.28. The maximum atomic E-state index is 12.5. The van der Waals surface area contributed by atoms with E-state index < -0.39 is 0 Å². The van der Waals surface area contributed by atoms with Gasteiger partial charge in [0, 0.05) is 30.6 Å². The molecule has 0 spiro atoms. The van der Waals surface area contributed by atoms with E-state index in [9.17, 15) is 9.59 Å². The molecule has 1 aromatic carbocycles. The maximum absolute atomic E-state index is 12.5. The summed E-state index contributed by atoms with van der Waals surface area (Å²) in [4.78, 5) is 26.2. The van der Waals surface area contributed by atoms with E-state index in [-0.39, 0.29) is 30.0 Å². The van der Waals surface area contributed by atoms with E-state index in [1.807, 2.05) is 29.2 Å². The SMILES string of the molecule is O=C(NCCC(=O)N1CCCC1Cc1ccccc1Cl)c1ccco1. The van der Waals surface area contributed by atoms with Gasteiger partial charge < -0.3 is 14.6 Å². The van der Waals surface area contributed by atoms with Gasteiger partial charge in [-0.2, -0.15) is 0 Å². The van der Waals surface area contributed by atoms with E-state index in [1.165, 1.54) is 6.26 Å². The van der Waals surface area contributed by atoms with Crippen molar-refractivity contribution in [2.45, 2.75) is 31.7 Å². The van der Waals surface area contributed by atoms with Crippen LogP contribution in [0.25, 0.3) is 0 Å². The normalized spacial score (nSPS) is 16.8. The molecule has 0 aliphatic carbocycles. The van der Waals surface area contributed by atoms with Crippen molar-refractivity contribution in [1.29, 1.82) is 0 Å². The summed E-state index contributed by atoms with van der Waals surface area (Å²) in [5, 5.41) is 3.45. The van der Waals surface area contributed by atoms with Crippen LogP contribution in [0.5, 0.6) is 0 Å². The van der Waals surface area contributed by atoms with Crippen LogP contribution in [0.15, 0.2) is 47.1 Å². The van der Waals surface area contributed by atoms with E-state index >= 15 is 0 Å². The lowest BCUT2D eigenvalue weighted by atomic mass is 10.0. The zero-order valence-electron chi connectivity index (χ0n) is 13.9. The lowest BCUT2D eigenvalue weighted by molar-refractivity contribution is -0.131. The molecule has 1 saturated heterocycles. The molecule has 1 unspecified atom stereocenters. The van der Waals surface area contributed by atoms with Crippen molar-refractivity contribution in [3.63, 3.8) is 0 Å². The van der Waals surface area contributed by atoms with Crippen LogP contribution in [0.2, 0.25) is 5.02 Å². The largest absolute Gasteiger partial charge is 0.459 e. The van der Waals surface area contributed by atoms with Crippen molar-refractivity contribution in [2.24, 2.45) is 0 Å². The van der Waals surface area contributed by atoms with E-state index in [2.05, 4.69) is 5.32 Å². The number of hydrogen-bond donors (Lipinski definition) is 1. The molecule has 6 heteroatoms.